The molecule has 2 aromatic rings. The number of halogens is 2. The number of carbonyl (C=O) groups is 1. The Hall–Kier alpha value is -1.37. The zero-order chi connectivity index (χ0) is 18.1. The van der Waals surface area contributed by atoms with Crippen LogP contribution < -0.4 is 11.1 Å². The quantitative estimate of drug-likeness (QED) is 0.771. The number of nitrogens with two attached hydrogens (primary N) is 1. The van der Waals surface area contributed by atoms with Gasteiger partial charge in [-0.25, -0.2) is 0 Å². The molecular weight excluding hydrogens is 404 g/mol. The van der Waals surface area contributed by atoms with Gasteiger partial charge in [-0.2, -0.15) is 5.10 Å². The van der Waals surface area contributed by atoms with E-state index >= 15 is 0 Å². The lowest BCUT2D eigenvalue weighted by Gasteiger charge is -2.24. The molecule has 1 aromatic carbocycles. The average Bonchev–Trinajstić information content (AvgIpc) is 2.76. The van der Waals surface area contributed by atoms with Crippen molar-refractivity contribution in [1.29, 1.82) is 0 Å². The topological polar surface area (TPSA) is 72.9 Å². The van der Waals surface area contributed by atoms with E-state index in [1.54, 1.807) is 11.6 Å². The van der Waals surface area contributed by atoms with E-state index in [0.29, 0.717) is 5.82 Å². The molecule has 3 N–H and O–H groups in total. The Morgan fingerprint density at radius 1 is 1.24 bits per heavy atom. The molecule has 138 valence electrons. The van der Waals surface area contributed by atoms with Gasteiger partial charge in [0.25, 0.3) is 0 Å². The van der Waals surface area contributed by atoms with Gasteiger partial charge in [0.1, 0.15) is 11.4 Å². The Labute approximate surface area is 163 Å². The smallest absolute Gasteiger partial charge is 0.249 e. The summed E-state index contributed by atoms with van der Waals surface area (Å²) in [4.78, 5) is 12.7. The summed E-state index contributed by atoms with van der Waals surface area (Å²) < 4.78 is 2.62. The molecule has 7 heteroatoms. The molecule has 0 radical (unpaired) electrons. The highest BCUT2D eigenvalue weighted by Gasteiger charge is 2.31. The highest BCUT2D eigenvalue weighted by atomic mass is 79.9. The molecule has 2 rings (SSSR count). The fraction of sp³-hybridized carbons (Fsp3) is 0.444. The van der Waals surface area contributed by atoms with Crippen LogP contribution >= 0.6 is 28.3 Å². The third kappa shape index (κ3) is 5.56. The maximum atomic E-state index is 12.7. The molecule has 1 amide bonds. The van der Waals surface area contributed by atoms with Crippen LogP contribution in [0.25, 0.3) is 0 Å². The Bertz CT molecular complexity index is 733. The van der Waals surface area contributed by atoms with Gasteiger partial charge in [0.05, 0.1) is 5.69 Å². The minimum atomic E-state index is -1.13. The number of aromatic nitrogens is 2. The SMILES string of the molecule is Cl.Cn1nc(CC(C)(C)C)cc1NC(=O)C(C)(N)c1ccc(Br)cc1. The summed E-state index contributed by atoms with van der Waals surface area (Å²) >= 11 is 3.39. The van der Waals surface area contributed by atoms with Crippen LogP contribution in [0, 0.1) is 5.41 Å². The predicted molar refractivity (Wildman–Crippen MR) is 108 cm³/mol. The number of rotatable bonds is 4. The van der Waals surface area contributed by atoms with Crippen LogP contribution in [0.15, 0.2) is 34.8 Å². The first-order chi connectivity index (χ1) is 11.0. The first-order valence-electron chi connectivity index (χ1n) is 7.88. The monoisotopic (exact) mass is 428 g/mol. The Morgan fingerprint density at radius 2 is 1.80 bits per heavy atom. The molecule has 1 heterocycles. The number of amides is 1. The Balaban J connectivity index is 0.00000312. The molecule has 0 fully saturated rings. The van der Waals surface area contributed by atoms with Crippen molar-refractivity contribution in [3.63, 3.8) is 0 Å². The van der Waals surface area contributed by atoms with Gasteiger partial charge in [-0.15, -0.1) is 12.4 Å². The molecule has 1 unspecified atom stereocenters. The normalized spacial score (nSPS) is 13.7. The summed E-state index contributed by atoms with van der Waals surface area (Å²) in [5.41, 5.74) is 6.98. The lowest BCUT2D eigenvalue weighted by atomic mass is 9.90. The fourth-order valence-electron chi connectivity index (χ4n) is 2.45. The second-order valence-corrected chi connectivity index (χ2v) is 8.46. The van der Waals surface area contributed by atoms with Gasteiger partial charge in [0, 0.05) is 17.6 Å². The lowest BCUT2D eigenvalue weighted by Crippen LogP contribution is -2.45. The highest BCUT2D eigenvalue weighted by molar-refractivity contribution is 9.10. The summed E-state index contributed by atoms with van der Waals surface area (Å²) in [5, 5.41) is 7.36. The van der Waals surface area contributed by atoms with E-state index in [4.69, 9.17) is 5.73 Å². The first-order valence-corrected chi connectivity index (χ1v) is 8.68. The van der Waals surface area contributed by atoms with Gasteiger partial charge in [-0.1, -0.05) is 48.8 Å². The number of carbonyl (C=O) groups excluding carboxylic acids is 1. The van der Waals surface area contributed by atoms with Gasteiger partial charge in [-0.05, 0) is 36.5 Å². The van der Waals surface area contributed by atoms with Gasteiger partial charge < -0.3 is 11.1 Å². The predicted octanol–water partition coefficient (Wildman–Crippen LogP) is 4.01. The summed E-state index contributed by atoms with van der Waals surface area (Å²) in [6.45, 7) is 8.18. The number of benzene rings is 1. The number of nitrogens with one attached hydrogen (secondary N) is 1. The van der Waals surface area contributed by atoms with E-state index in [2.05, 4.69) is 47.1 Å². The maximum Gasteiger partial charge on any atom is 0.249 e. The second-order valence-electron chi connectivity index (χ2n) is 7.55. The average molecular weight is 430 g/mol. The number of aryl methyl sites for hydroxylation is 1. The molecule has 0 saturated heterocycles. The molecule has 25 heavy (non-hydrogen) atoms. The number of hydrogen-bond acceptors (Lipinski definition) is 3. The molecule has 5 nitrogen and oxygen atoms in total. The number of hydrogen-bond donors (Lipinski definition) is 2. The van der Waals surface area contributed by atoms with Crippen LogP contribution in [0.5, 0.6) is 0 Å². The summed E-state index contributed by atoms with van der Waals surface area (Å²) in [7, 11) is 1.81. The lowest BCUT2D eigenvalue weighted by molar-refractivity contribution is -0.120. The van der Waals surface area contributed by atoms with Crippen LogP contribution in [-0.2, 0) is 23.8 Å². The van der Waals surface area contributed by atoms with Crippen molar-refractivity contribution < 1.29 is 4.79 Å². The standard InChI is InChI=1S/C18H25BrN4O.ClH/c1-17(2,3)11-14-10-15(23(5)22-14)21-16(24)18(4,20)12-6-8-13(19)9-7-12;/h6-10H,11,20H2,1-5H3,(H,21,24);1H. The van der Waals surface area contributed by atoms with Crippen molar-refractivity contribution in [1.82, 2.24) is 9.78 Å². The molecule has 0 spiro atoms. The zero-order valence-corrected chi connectivity index (χ0v) is 17.7. The minimum Gasteiger partial charge on any atom is -0.314 e. The first kappa shape index (κ1) is 21.7. The molecule has 1 aromatic heterocycles. The summed E-state index contributed by atoms with van der Waals surface area (Å²) in [6, 6.07) is 9.34. The van der Waals surface area contributed by atoms with Crippen molar-refractivity contribution in [3.8, 4) is 0 Å². The van der Waals surface area contributed by atoms with Gasteiger partial charge >= 0.3 is 0 Å². The van der Waals surface area contributed by atoms with Crippen LogP contribution in [0.1, 0.15) is 39.0 Å². The van der Waals surface area contributed by atoms with Gasteiger partial charge in [-0.3, -0.25) is 9.48 Å². The van der Waals surface area contributed by atoms with Crippen molar-refractivity contribution in [2.75, 3.05) is 5.32 Å². The van der Waals surface area contributed by atoms with E-state index in [0.717, 1.165) is 22.2 Å². The van der Waals surface area contributed by atoms with E-state index in [1.807, 2.05) is 37.4 Å². The van der Waals surface area contributed by atoms with E-state index < -0.39 is 5.54 Å². The van der Waals surface area contributed by atoms with Gasteiger partial charge in [0.15, 0.2) is 0 Å². The maximum absolute atomic E-state index is 12.7. The van der Waals surface area contributed by atoms with Crippen LogP contribution in [-0.4, -0.2) is 15.7 Å². The van der Waals surface area contributed by atoms with Crippen molar-refractivity contribution >= 4 is 40.1 Å². The molecule has 0 aliphatic rings. The van der Waals surface area contributed by atoms with E-state index in [-0.39, 0.29) is 23.7 Å². The van der Waals surface area contributed by atoms with Crippen molar-refractivity contribution in [3.05, 3.63) is 46.1 Å². The highest BCUT2D eigenvalue weighted by Crippen LogP contribution is 2.24. The van der Waals surface area contributed by atoms with Crippen LogP contribution in [0.3, 0.4) is 0 Å². The minimum absolute atomic E-state index is 0. The van der Waals surface area contributed by atoms with Crippen molar-refractivity contribution in [2.45, 2.75) is 39.7 Å². The third-order valence-electron chi connectivity index (χ3n) is 3.80. The Morgan fingerprint density at radius 3 is 2.32 bits per heavy atom. The van der Waals surface area contributed by atoms with Crippen LogP contribution in [0.4, 0.5) is 5.82 Å². The molecule has 0 saturated carbocycles. The molecular formula is C18H26BrClN4O. The fourth-order valence-corrected chi connectivity index (χ4v) is 2.71. The molecule has 0 aliphatic heterocycles. The summed E-state index contributed by atoms with van der Waals surface area (Å²) in [5.74, 6) is 0.378. The number of anilines is 1. The Kier molecular flexibility index (Phi) is 6.84. The van der Waals surface area contributed by atoms with Gasteiger partial charge in [0.2, 0.25) is 5.91 Å². The van der Waals surface area contributed by atoms with Crippen molar-refractivity contribution in [2.24, 2.45) is 18.2 Å². The van der Waals surface area contributed by atoms with Crippen LogP contribution in [0.2, 0.25) is 0 Å². The third-order valence-corrected chi connectivity index (χ3v) is 4.33. The zero-order valence-electron chi connectivity index (χ0n) is 15.3. The largest absolute Gasteiger partial charge is 0.314 e. The number of nitrogens with zero attached hydrogens (tertiary/aromatic N) is 2. The second kappa shape index (κ2) is 7.89. The molecule has 0 aliphatic carbocycles. The summed E-state index contributed by atoms with van der Waals surface area (Å²) in [6.07, 6.45) is 0.837. The van der Waals surface area contributed by atoms with E-state index in [9.17, 15) is 4.79 Å². The van der Waals surface area contributed by atoms with E-state index in [1.165, 1.54) is 0 Å². The molecule has 1 atom stereocenters. The molecule has 0 bridgehead atoms.